The number of hydrogen-bond acceptors (Lipinski definition) is 3. The molecule has 0 radical (unpaired) electrons. The van der Waals surface area contributed by atoms with E-state index in [0.717, 1.165) is 47.7 Å². The van der Waals surface area contributed by atoms with Crippen molar-refractivity contribution in [2.45, 2.75) is 82.2 Å². The molecule has 4 fully saturated rings. The number of halogens is 1. The fourth-order valence-electron chi connectivity index (χ4n) is 8.33. The summed E-state index contributed by atoms with van der Waals surface area (Å²) in [4.78, 5) is 4.99. The molecule has 6 heterocycles. The van der Waals surface area contributed by atoms with E-state index in [2.05, 4.69) is 54.4 Å². The number of nitrogens with zero attached hydrogens (tertiary/aromatic N) is 2. The van der Waals surface area contributed by atoms with Gasteiger partial charge in [0.2, 0.25) is 0 Å². The van der Waals surface area contributed by atoms with Crippen LogP contribution >= 0.6 is 29.6 Å². The van der Waals surface area contributed by atoms with Crippen LogP contribution in [-0.4, -0.2) is 47.9 Å². The fourth-order valence-corrected chi connectivity index (χ4v) is 19.4. The van der Waals surface area contributed by atoms with Gasteiger partial charge in [-0.15, -0.1) is 0 Å². The van der Waals surface area contributed by atoms with Gasteiger partial charge in [-0.25, -0.2) is 4.21 Å². The lowest BCUT2D eigenvalue weighted by Crippen LogP contribution is -2.55. The third kappa shape index (κ3) is 3.09. The zero-order valence-corrected chi connectivity index (χ0v) is 25.2. The first-order valence-electron chi connectivity index (χ1n) is 13.9. The molecule has 9 rings (SSSR count). The first-order chi connectivity index (χ1) is 17.6. The van der Waals surface area contributed by atoms with Crippen molar-refractivity contribution < 1.29 is 9.32 Å². The Bertz CT molecular complexity index is 1450. The predicted molar refractivity (Wildman–Crippen MR) is 156 cm³/mol. The van der Waals surface area contributed by atoms with Crippen molar-refractivity contribution >= 4 is 49.8 Å². The van der Waals surface area contributed by atoms with E-state index in [4.69, 9.17) is 11.6 Å². The molecule has 0 aromatic carbocycles. The Labute approximate surface area is 231 Å². The van der Waals surface area contributed by atoms with Crippen molar-refractivity contribution in [2.24, 2.45) is 17.8 Å². The molecule has 4 bridgehead atoms. The van der Waals surface area contributed by atoms with Gasteiger partial charge in [-0.05, 0) is 77.3 Å². The summed E-state index contributed by atoms with van der Waals surface area (Å²) < 4.78 is 18.1. The third-order valence-corrected chi connectivity index (χ3v) is 21.1. The highest BCUT2D eigenvalue weighted by molar-refractivity contribution is 8.32. The number of piperidine rings is 1. The molecule has 0 amide bonds. The molecule has 1 spiro atoms. The van der Waals surface area contributed by atoms with Gasteiger partial charge in [-0.2, -0.15) is 16.0 Å². The topological polar surface area (TPSA) is 43.8 Å². The van der Waals surface area contributed by atoms with Crippen LogP contribution in [0.25, 0.3) is 5.57 Å². The molecule has 7 atom stereocenters. The summed E-state index contributed by atoms with van der Waals surface area (Å²) >= 11 is 8.60. The van der Waals surface area contributed by atoms with Crippen molar-refractivity contribution in [3.63, 3.8) is 0 Å². The summed E-state index contributed by atoms with van der Waals surface area (Å²) in [6, 6.07) is 2.61. The van der Waals surface area contributed by atoms with Gasteiger partial charge in [0, 0.05) is 41.3 Å². The van der Waals surface area contributed by atoms with Crippen LogP contribution in [0.3, 0.4) is 0 Å². The van der Waals surface area contributed by atoms with Crippen molar-refractivity contribution in [3.8, 4) is 0 Å². The first kappa shape index (κ1) is 24.1. The van der Waals surface area contributed by atoms with E-state index in [1.54, 1.807) is 11.3 Å². The Balaban J connectivity index is 1.48. The first-order valence-corrected chi connectivity index (χ1v) is 18.6. The monoisotopic (exact) mass is 574 g/mol. The van der Waals surface area contributed by atoms with Crippen LogP contribution in [0, 0.1) is 23.9 Å². The molecule has 4 nitrogen and oxygen atoms in total. The molecule has 8 aliphatic rings. The van der Waals surface area contributed by atoms with Gasteiger partial charge in [0.15, 0.2) is 9.30 Å². The Kier molecular flexibility index (Phi) is 5.02. The smallest absolute Gasteiger partial charge is 0.159 e. The summed E-state index contributed by atoms with van der Waals surface area (Å²) in [5.41, 5.74) is 4.12. The zero-order valence-electron chi connectivity index (χ0n) is 21.9. The lowest BCUT2D eigenvalue weighted by atomic mass is 9.74. The molecule has 2 saturated heterocycles. The Morgan fingerprint density at radius 1 is 1.35 bits per heavy atom. The normalized spacial score (nSPS) is 39.6. The second-order valence-corrected chi connectivity index (χ2v) is 21.6. The third-order valence-electron chi connectivity index (χ3n) is 10.3. The molecule has 1 aromatic heterocycles. The lowest BCUT2D eigenvalue weighted by Gasteiger charge is -2.49. The number of fused-ring (bicyclic) bond motifs is 3. The van der Waals surface area contributed by atoms with Crippen LogP contribution in [0.15, 0.2) is 34.5 Å². The fraction of sp³-hybridized carbons (Fsp3) is 0.621. The molecule has 1 N–H and O–H groups in total. The Hall–Kier alpha value is -0.750. The minimum absolute atomic E-state index is 0.0293. The van der Waals surface area contributed by atoms with Crippen LogP contribution in [0.4, 0.5) is 0 Å². The van der Waals surface area contributed by atoms with Crippen LogP contribution in [0.2, 0.25) is 0 Å². The lowest BCUT2D eigenvalue weighted by molar-refractivity contribution is 0.125. The minimum atomic E-state index is -2.44. The van der Waals surface area contributed by atoms with E-state index >= 15 is 4.21 Å². The van der Waals surface area contributed by atoms with Crippen LogP contribution < -0.4 is 5.30 Å². The number of hydrogen-bond donors (Lipinski definition) is 1. The van der Waals surface area contributed by atoms with Crippen molar-refractivity contribution in [3.05, 3.63) is 50.4 Å². The van der Waals surface area contributed by atoms with Gasteiger partial charge in [-0.1, -0.05) is 29.3 Å². The van der Waals surface area contributed by atoms with Crippen molar-refractivity contribution in [2.75, 3.05) is 13.1 Å². The van der Waals surface area contributed by atoms with Gasteiger partial charge < -0.3 is 10.0 Å². The molecule has 198 valence electrons. The molecular weight excluding hydrogens is 539 g/mol. The summed E-state index contributed by atoms with van der Waals surface area (Å²) in [6.45, 7) is 7.64. The molecule has 4 unspecified atom stereocenters. The highest BCUT2D eigenvalue weighted by Gasteiger charge is 2.61. The maximum Gasteiger partial charge on any atom is 0.159 e. The largest absolute Gasteiger partial charge is 0.399 e. The maximum atomic E-state index is 15.9. The van der Waals surface area contributed by atoms with E-state index in [9.17, 15) is 5.11 Å². The van der Waals surface area contributed by atoms with Crippen LogP contribution in [0.1, 0.15) is 69.1 Å². The van der Waals surface area contributed by atoms with Gasteiger partial charge in [-0.3, -0.25) is 0 Å². The highest BCUT2D eigenvalue weighted by Crippen LogP contribution is 2.62. The number of allylic oxidation sites excluding steroid dienone is 6. The predicted octanol–water partition coefficient (Wildman–Crippen LogP) is 6.18. The molecule has 37 heavy (non-hydrogen) atoms. The number of thiophene rings is 1. The maximum absolute atomic E-state index is 15.9. The van der Waals surface area contributed by atoms with Gasteiger partial charge in [0.25, 0.3) is 0 Å². The van der Waals surface area contributed by atoms with E-state index in [1.165, 1.54) is 52.7 Å². The number of aliphatic hydroxyl groups is 1. The SMILES string of the molecule is CC(C)(C)S1(=O)=[P+]2[CH-]C=C(C3=C4C(CC(Cl)=C3)[C@@H]3C[C@@H]3CN4[C@@H]3CN1C1(CCC1)C3)c1[s+][c-](CO)cc12. The average molecular weight is 575 g/mol. The van der Waals surface area contributed by atoms with Crippen LogP contribution in [0.5, 0.6) is 0 Å². The average Bonchev–Trinajstić information content (AvgIpc) is 3.30. The molecule has 2 saturated carbocycles. The van der Waals surface area contributed by atoms with E-state index in [1.807, 2.05) is 0 Å². The van der Waals surface area contributed by atoms with Gasteiger partial charge in [0.05, 0.1) is 39.6 Å². The summed E-state index contributed by atoms with van der Waals surface area (Å²) in [5, 5.41) is 12.4. The molecule has 5 aliphatic heterocycles. The van der Waals surface area contributed by atoms with Gasteiger partial charge >= 0.3 is 0 Å². The molecule has 8 heteroatoms. The zero-order chi connectivity index (χ0) is 25.5. The van der Waals surface area contributed by atoms with Crippen LogP contribution in [-0.2, 0) is 15.9 Å². The highest BCUT2D eigenvalue weighted by atomic mass is 35.5. The second-order valence-electron chi connectivity index (χ2n) is 13.3. The van der Waals surface area contributed by atoms with E-state index in [0.29, 0.717) is 12.0 Å². The Morgan fingerprint density at radius 2 is 2.16 bits per heavy atom. The van der Waals surface area contributed by atoms with Crippen molar-refractivity contribution in [1.82, 2.24) is 9.21 Å². The minimum Gasteiger partial charge on any atom is -0.399 e. The number of rotatable bonds is 1. The molecule has 1 aromatic rings. The summed E-state index contributed by atoms with van der Waals surface area (Å²) in [7, 11) is -2.44. The standard InChI is InChI=1S/C29H36ClN2O2PS2/c1-28(2,3)37(34)32-15-19(13-29(32)6-4-7-29)31-14-17-9-22(17)24-11-18(30)10-23(26(24)31)21-5-8-35(37)25-12-20(16-33)36-27(21)25/h5,8,10,12,17,19,22,24,33H,4,6-7,9,11,13-16H2,1-3H3/t17-,19+,22-,24?,37?/m1/s1. The summed E-state index contributed by atoms with van der Waals surface area (Å²) in [6.07, 6.45) is 13.9. The quantitative estimate of drug-likeness (QED) is 0.247. The van der Waals surface area contributed by atoms with E-state index < -0.39 is 16.0 Å². The van der Waals surface area contributed by atoms with E-state index in [-0.39, 0.29) is 16.9 Å². The van der Waals surface area contributed by atoms with Gasteiger partial charge in [0.1, 0.15) is 4.88 Å². The number of aliphatic hydroxyl groups excluding tert-OH is 1. The summed E-state index contributed by atoms with van der Waals surface area (Å²) in [5.74, 6) is 2.03. The molecular formula is C29H36ClN2O2PS2. The molecule has 3 aliphatic carbocycles. The van der Waals surface area contributed by atoms with Crippen molar-refractivity contribution in [1.29, 1.82) is 0 Å². The Morgan fingerprint density at radius 3 is 2.86 bits per heavy atom. The second kappa shape index (κ2) is 7.71.